The minimum atomic E-state index is -0.990. The second-order valence-corrected chi connectivity index (χ2v) is 11.0. The van der Waals surface area contributed by atoms with Gasteiger partial charge in [-0.15, -0.1) is 6.58 Å². The van der Waals surface area contributed by atoms with Crippen molar-refractivity contribution >= 4 is 29.4 Å². The molecular weight excluding hydrogens is 532 g/mol. The lowest BCUT2D eigenvalue weighted by atomic mass is 9.94. The van der Waals surface area contributed by atoms with Crippen LogP contribution in [0.25, 0.3) is 0 Å². The first-order valence-electron chi connectivity index (χ1n) is 14.8. The highest BCUT2D eigenvalue weighted by Gasteiger charge is 2.42. The molecule has 2 aromatic rings. The van der Waals surface area contributed by atoms with Crippen LogP contribution in [0.4, 0.5) is 0 Å². The van der Waals surface area contributed by atoms with Crippen LogP contribution >= 0.6 is 0 Å². The van der Waals surface area contributed by atoms with Gasteiger partial charge >= 0.3 is 0 Å². The zero-order valence-electron chi connectivity index (χ0n) is 24.1. The molecule has 4 amide bonds. The van der Waals surface area contributed by atoms with Gasteiger partial charge in [0.2, 0.25) is 23.5 Å². The third-order valence-electron chi connectivity index (χ3n) is 8.02. The van der Waals surface area contributed by atoms with Gasteiger partial charge in [0.15, 0.2) is 0 Å². The molecule has 2 aliphatic rings. The fourth-order valence-electron chi connectivity index (χ4n) is 5.93. The van der Waals surface area contributed by atoms with E-state index in [9.17, 15) is 24.0 Å². The lowest BCUT2D eigenvalue weighted by Crippen LogP contribution is -2.58. The predicted molar refractivity (Wildman–Crippen MR) is 159 cm³/mol. The van der Waals surface area contributed by atoms with E-state index in [1.54, 1.807) is 0 Å². The third kappa shape index (κ3) is 7.51. The second kappa shape index (κ2) is 14.6. The summed E-state index contributed by atoms with van der Waals surface area (Å²) in [4.78, 5) is 67.4. The lowest BCUT2D eigenvalue weighted by Gasteiger charge is -2.32. The van der Waals surface area contributed by atoms with E-state index >= 15 is 0 Å². The summed E-state index contributed by atoms with van der Waals surface area (Å²) < 4.78 is 0. The minimum Gasteiger partial charge on any atom is -0.346 e. The van der Waals surface area contributed by atoms with Crippen LogP contribution in [-0.4, -0.2) is 65.5 Å². The van der Waals surface area contributed by atoms with Crippen LogP contribution in [0.15, 0.2) is 67.3 Å². The molecule has 1 fully saturated rings. The molecule has 0 radical (unpaired) electrons. The normalized spacial score (nSPS) is 17.5. The molecule has 1 heterocycles. The maximum absolute atomic E-state index is 14.1. The minimum absolute atomic E-state index is 0.142. The molecule has 4 rings (SSSR count). The standard InChI is InChI=1S/C33H40N4O5/c1-3-11-26(30(39)32(41)34-17-4-2)35-31(40)27-16-10-18-37(27)33(42)29(25-20-23-14-8-9-15-24(23)21-25)36-28(38)19-22-12-6-5-7-13-22/h4-9,12-15,25-27,29H,2-3,10-11,16-21H2,1H3,(H,34,41)(H,35,40)(H,36,38)/t26?,27-,29-/m0/s1. The summed E-state index contributed by atoms with van der Waals surface area (Å²) in [5, 5.41) is 8.22. The highest BCUT2D eigenvalue weighted by molar-refractivity contribution is 6.38. The SMILES string of the molecule is C=CCNC(=O)C(=O)C(CCC)NC(=O)[C@@H]1CCCN1C(=O)[C@@H](NC(=O)Cc1ccccc1)C1Cc2ccccc2C1. The first-order chi connectivity index (χ1) is 20.3. The second-order valence-electron chi connectivity index (χ2n) is 11.0. The molecule has 222 valence electrons. The van der Waals surface area contributed by atoms with Crippen LogP contribution < -0.4 is 16.0 Å². The van der Waals surface area contributed by atoms with Crippen molar-refractivity contribution in [2.75, 3.05) is 13.1 Å². The zero-order valence-corrected chi connectivity index (χ0v) is 24.1. The smallest absolute Gasteiger partial charge is 0.289 e. The Morgan fingerprint density at radius 3 is 2.29 bits per heavy atom. The van der Waals surface area contributed by atoms with Crippen molar-refractivity contribution in [3.63, 3.8) is 0 Å². The zero-order chi connectivity index (χ0) is 30.1. The van der Waals surface area contributed by atoms with Crippen LogP contribution in [0.2, 0.25) is 0 Å². The Labute approximate surface area is 247 Å². The van der Waals surface area contributed by atoms with Crippen LogP contribution in [-0.2, 0) is 43.2 Å². The molecule has 1 saturated heterocycles. The Kier molecular flexibility index (Phi) is 10.6. The number of benzene rings is 2. The van der Waals surface area contributed by atoms with E-state index in [1.807, 2.05) is 61.5 Å². The van der Waals surface area contributed by atoms with Gasteiger partial charge in [-0.2, -0.15) is 0 Å². The van der Waals surface area contributed by atoms with Gasteiger partial charge in [0.05, 0.1) is 12.5 Å². The van der Waals surface area contributed by atoms with E-state index in [2.05, 4.69) is 22.5 Å². The number of nitrogens with one attached hydrogen (secondary N) is 3. The van der Waals surface area contributed by atoms with E-state index in [4.69, 9.17) is 0 Å². The Hall–Kier alpha value is -4.27. The molecule has 1 unspecified atom stereocenters. The first kappa shape index (κ1) is 30.7. The Bertz CT molecular complexity index is 1290. The van der Waals surface area contributed by atoms with Gasteiger partial charge in [0.1, 0.15) is 12.1 Å². The van der Waals surface area contributed by atoms with Gasteiger partial charge in [-0.3, -0.25) is 24.0 Å². The van der Waals surface area contributed by atoms with Crippen LogP contribution in [0.5, 0.6) is 0 Å². The third-order valence-corrected chi connectivity index (χ3v) is 8.02. The Morgan fingerprint density at radius 1 is 0.976 bits per heavy atom. The van der Waals surface area contributed by atoms with Crippen molar-refractivity contribution in [2.45, 2.75) is 70.0 Å². The lowest BCUT2D eigenvalue weighted by molar-refractivity contribution is -0.144. The monoisotopic (exact) mass is 572 g/mol. The van der Waals surface area contributed by atoms with E-state index in [0.29, 0.717) is 45.1 Å². The number of ketones is 1. The molecule has 42 heavy (non-hydrogen) atoms. The quantitative estimate of drug-likeness (QED) is 0.251. The Balaban J connectivity index is 1.50. The van der Waals surface area contributed by atoms with Gasteiger partial charge in [0.25, 0.3) is 5.91 Å². The summed E-state index contributed by atoms with van der Waals surface area (Å²) in [6.07, 6.45) is 4.84. The number of hydrogen-bond acceptors (Lipinski definition) is 5. The van der Waals surface area contributed by atoms with E-state index < -0.39 is 35.7 Å². The van der Waals surface area contributed by atoms with E-state index in [0.717, 1.165) is 16.7 Å². The number of fused-ring (bicyclic) bond motifs is 1. The number of nitrogens with zero attached hydrogens (tertiary/aromatic N) is 1. The molecule has 9 nitrogen and oxygen atoms in total. The summed E-state index contributed by atoms with van der Waals surface area (Å²) in [6.45, 7) is 5.91. The summed E-state index contributed by atoms with van der Waals surface area (Å²) >= 11 is 0. The van der Waals surface area contributed by atoms with Crippen LogP contribution in [0.3, 0.4) is 0 Å². The van der Waals surface area contributed by atoms with Crippen LogP contribution in [0, 0.1) is 5.92 Å². The highest BCUT2D eigenvalue weighted by Crippen LogP contribution is 2.31. The predicted octanol–water partition coefficient (Wildman–Crippen LogP) is 2.28. The van der Waals surface area contributed by atoms with E-state index in [1.165, 1.54) is 11.0 Å². The van der Waals surface area contributed by atoms with Gasteiger partial charge in [-0.05, 0) is 54.7 Å². The van der Waals surface area contributed by atoms with Crippen molar-refractivity contribution in [3.05, 3.63) is 83.9 Å². The molecule has 1 aliphatic heterocycles. The number of carbonyl (C=O) groups excluding carboxylic acids is 5. The number of likely N-dealkylation sites (tertiary alicyclic amines) is 1. The van der Waals surface area contributed by atoms with E-state index in [-0.39, 0.29) is 30.7 Å². The van der Waals surface area contributed by atoms with Crippen molar-refractivity contribution in [1.29, 1.82) is 0 Å². The molecule has 9 heteroatoms. The molecule has 2 aromatic carbocycles. The summed E-state index contributed by atoms with van der Waals surface area (Å²) in [6, 6.07) is 14.8. The number of Topliss-reactive ketones (excluding diaryl/α,β-unsaturated/α-hetero) is 1. The molecule has 0 bridgehead atoms. The number of amides is 4. The number of carbonyl (C=O) groups is 5. The van der Waals surface area contributed by atoms with Crippen molar-refractivity contribution < 1.29 is 24.0 Å². The van der Waals surface area contributed by atoms with Crippen molar-refractivity contribution in [1.82, 2.24) is 20.9 Å². The molecule has 0 spiro atoms. The maximum Gasteiger partial charge on any atom is 0.289 e. The summed E-state index contributed by atoms with van der Waals surface area (Å²) in [5.41, 5.74) is 3.16. The molecule has 0 aromatic heterocycles. The topological polar surface area (TPSA) is 125 Å². The largest absolute Gasteiger partial charge is 0.346 e. The van der Waals surface area contributed by atoms with Crippen LogP contribution in [0.1, 0.15) is 49.3 Å². The fraction of sp³-hybridized carbons (Fsp3) is 0.424. The average molecular weight is 573 g/mol. The molecule has 3 N–H and O–H groups in total. The highest BCUT2D eigenvalue weighted by atomic mass is 16.2. The first-order valence-corrected chi connectivity index (χ1v) is 14.8. The fourth-order valence-corrected chi connectivity index (χ4v) is 5.93. The van der Waals surface area contributed by atoms with Gasteiger partial charge < -0.3 is 20.9 Å². The van der Waals surface area contributed by atoms with Gasteiger partial charge in [-0.25, -0.2) is 0 Å². The summed E-state index contributed by atoms with van der Waals surface area (Å²) in [7, 11) is 0. The summed E-state index contributed by atoms with van der Waals surface area (Å²) in [5.74, 6) is -2.67. The average Bonchev–Trinajstić information content (AvgIpc) is 3.66. The van der Waals surface area contributed by atoms with Crippen molar-refractivity contribution in [2.24, 2.45) is 5.92 Å². The molecule has 0 saturated carbocycles. The Morgan fingerprint density at radius 2 is 1.64 bits per heavy atom. The van der Waals surface area contributed by atoms with Gasteiger partial charge in [-0.1, -0.05) is 74.0 Å². The number of rotatable bonds is 13. The molecule has 1 aliphatic carbocycles. The van der Waals surface area contributed by atoms with Crippen molar-refractivity contribution in [3.8, 4) is 0 Å². The maximum atomic E-state index is 14.1. The molecular formula is C33H40N4O5. The number of hydrogen-bond donors (Lipinski definition) is 3. The van der Waals surface area contributed by atoms with Gasteiger partial charge in [0, 0.05) is 13.1 Å². The molecule has 3 atom stereocenters.